The van der Waals surface area contributed by atoms with Gasteiger partial charge in [-0.05, 0) is 12.1 Å². The van der Waals surface area contributed by atoms with Crippen molar-refractivity contribution in [2.75, 3.05) is 18.6 Å². The monoisotopic (exact) mass is 370 g/mol. The fourth-order valence-electron chi connectivity index (χ4n) is 1.25. The quantitative estimate of drug-likeness (QED) is 0.594. The van der Waals surface area contributed by atoms with Crippen LogP contribution in [0.1, 0.15) is 0 Å². The van der Waals surface area contributed by atoms with Gasteiger partial charge in [-0.3, -0.25) is 14.3 Å². The van der Waals surface area contributed by atoms with Crippen LogP contribution in [-0.2, 0) is 20.8 Å². The summed E-state index contributed by atoms with van der Waals surface area (Å²) in [7, 11) is -5.16. The van der Waals surface area contributed by atoms with Crippen LogP contribution in [0.2, 0.25) is 0 Å². The van der Waals surface area contributed by atoms with Crippen LogP contribution in [0.5, 0.6) is 0 Å². The second-order valence-corrected chi connectivity index (χ2v) is 7.75. The molecule has 0 radical (unpaired) electrons. The van der Waals surface area contributed by atoms with Crippen molar-refractivity contribution in [3.05, 3.63) is 32.8 Å². The normalized spacial score (nSPS) is 13.2. The van der Waals surface area contributed by atoms with Crippen molar-refractivity contribution in [1.82, 2.24) is 4.72 Å². The number of rotatable bonds is 6. The van der Waals surface area contributed by atoms with Gasteiger partial charge < -0.3 is 0 Å². The molecule has 1 unspecified atom stereocenters. The molecule has 1 aromatic rings. The van der Waals surface area contributed by atoms with E-state index >= 15 is 0 Å². The van der Waals surface area contributed by atoms with Crippen molar-refractivity contribution in [3.8, 4) is 0 Å². The number of hydrogen-bond donors (Lipinski definition) is 1. The van der Waals surface area contributed by atoms with Crippen LogP contribution in [0.15, 0.2) is 27.6 Å². The maximum absolute atomic E-state index is 12.0. The second kappa shape index (κ2) is 6.55. The topological polar surface area (TPSA) is 106 Å². The summed E-state index contributed by atoms with van der Waals surface area (Å²) in [6, 6.07) is 3.65. The highest BCUT2D eigenvalue weighted by atomic mass is 79.9. The van der Waals surface area contributed by atoms with Gasteiger partial charge in [0.05, 0.1) is 4.92 Å². The first kappa shape index (κ1) is 16.2. The van der Waals surface area contributed by atoms with Crippen molar-refractivity contribution in [1.29, 1.82) is 0 Å². The summed E-state index contributed by atoms with van der Waals surface area (Å²) in [5.41, 5.74) is -0.506. The highest BCUT2D eigenvalue weighted by Gasteiger charge is 2.25. The lowest BCUT2D eigenvalue weighted by molar-refractivity contribution is -0.387. The molecule has 1 aromatic carbocycles. The van der Waals surface area contributed by atoms with E-state index in [0.29, 0.717) is 4.47 Å². The van der Waals surface area contributed by atoms with Gasteiger partial charge in [0.15, 0.2) is 4.90 Å². The Morgan fingerprint density at radius 3 is 2.63 bits per heavy atom. The summed E-state index contributed by atoms with van der Waals surface area (Å²) in [6.45, 7) is -0.0465. The van der Waals surface area contributed by atoms with E-state index in [1.807, 2.05) is 0 Å². The van der Waals surface area contributed by atoms with Gasteiger partial charge in [0.25, 0.3) is 5.69 Å². The standard InChI is InChI=1S/C9H11BrN2O5S2/c1-18(15)5-4-11-19(16,17)9-6-7(10)2-3-8(9)12(13)14/h2-3,6,11H,4-5H2,1H3. The van der Waals surface area contributed by atoms with Gasteiger partial charge in [0.1, 0.15) is 0 Å². The van der Waals surface area contributed by atoms with E-state index in [-0.39, 0.29) is 12.3 Å². The van der Waals surface area contributed by atoms with E-state index in [2.05, 4.69) is 20.7 Å². The molecular formula is C9H11BrN2O5S2. The second-order valence-electron chi connectivity index (χ2n) is 3.54. The summed E-state index contributed by atoms with van der Waals surface area (Å²) in [6.07, 6.45) is 1.44. The molecule has 1 rings (SSSR count). The van der Waals surface area contributed by atoms with E-state index in [1.54, 1.807) is 0 Å². The van der Waals surface area contributed by atoms with Gasteiger partial charge in [-0.2, -0.15) is 0 Å². The van der Waals surface area contributed by atoms with Gasteiger partial charge in [0, 0.05) is 39.9 Å². The summed E-state index contributed by atoms with van der Waals surface area (Å²) in [5, 5.41) is 10.8. The van der Waals surface area contributed by atoms with Crippen molar-refractivity contribution in [3.63, 3.8) is 0 Å². The summed E-state index contributed by atoms with van der Waals surface area (Å²) in [5.74, 6) is 0.140. The van der Waals surface area contributed by atoms with Crippen molar-refractivity contribution < 1.29 is 17.6 Å². The Morgan fingerprint density at radius 2 is 2.11 bits per heavy atom. The molecule has 0 bridgehead atoms. The Kier molecular flexibility index (Phi) is 5.59. The van der Waals surface area contributed by atoms with Crippen molar-refractivity contribution in [2.45, 2.75) is 4.90 Å². The molecule has 0 heterocycles. The molecule has 0 fully saturated rings. The highest BCUT2D eigenvalue weighted by molar-refractivity contribution is 9.10. The fraction of sp³-hybridized carbons (Fsp3) is 0.333. The minimum atomic E-state index is -4.01. The Morgan fingerprint density at radius 1 is 1.47 bits per heavy atom. The van der Waals surface area contributed by atoms with Gasteiger partial charge >= 0.3 is 0 Å². The maximum Gasteiger partial charge on any atom is 0.289 e. The predicted molar refractivity (Wildman–Crippen MR) is 74.9 cm³/mol. The van der Waals surface area contributed by atoms with Crippen LogP contribution >= 0.6 is 15.9 Å². The van der Waals surface area contributed by atoms with Gasteiger partial charge in [-0.1, -0.05) is 15.9 Å². The highest BCUT2D eigenvalue weighted by Crippen LogP contribution is 2.26. The zero-order valence-electron chi connectivity index (χ0n) is 9.83. The Bertz CT molecular complexity index is 617. The fourth-order valence-corrected chi connectivity index (χ4v) is 3.51. The zero-order chi connectivity index (χ0) is 14.6. The van der Waals surface area contributed by atoms with Gasteiger partial charge in [0.2, 0.25) is 10.0 Å². The molecular weight excluding hydrogens is 360 g/mol. The molecule has 1 N–H and O–H groups in total. The van der Waals surface area contributed by atoms with E-state index in [0.717, 1.165) is 12.1 Å². The Balaban J connectivity index is 3.09. The van der Waals surface area contributed by atoms with Crippen molar-refractivity contribution in [2.24, 2.45) is 0 Å². The molecule has 1 atom stereocenters. The van der Waals surface area contributed by atoms with Crippen LogP contribution in [-0.4, -0.2) is 36.1 Å². The predicted octanol–water partition coefficient (Wildman–Crippen LogP) is 1.01. The lowest BCUT2D eigenvalue weighted by Crippen LogP contribution is -2.28. The van der Waals surface area contributed by atoms with Crippen LogP contribution in [0.3, 0.4) is 0 Å². The van der Waals surface area contributed by atoms with E-state index in [1.165, 1.54) is 12.3 Å². The molecule has 0 spiro atoms. The largest absolute Gasteiger partial charge is 0.289 e. The molecule has 0 aliphatic rings. The molecule has 10 heteroatoms. The van der Waals surface area contributed by atoms with Crippen LogP contribution in [0.25, 0.3) is 0 Å². The lowest BCUT2D eigenvalue weighted by atomic mass is 10.3. The molecule has 7 nitrogen and oxygen atoms in total. The Hall–Kier alpha value is -0.840. The van der Waals surface area contributed by atoms with Gasteiger partial charge in [-0.15, -0.1) is 0 Å². The first-order valence-electron chi connectivity index (χ1n) is 4.97. The smallest absolute Gasteiger partial charge is 0.260 e. The molecule has 0 amide bonds. The third-order valence-electron chi connectivity index (χ3n) is 2.09. The number of hydrogen-bond acceptors (Lipinski definition) is 5. The molecule has 0 saturated carbocycles. The van der Waals surface area contributed by atoms with E-state index < -0.39 is 36.3 Å². The van der Waals surface area contributed by atoms with Crippen molar-refractivity contribution >= 4 is 42.4 Å². The SMILES string of the molecule is CS(=O)CCNS(=O)(=O)c1cc(Br)ccc1[N+](=O)[O-]. The van der Waals surface area contributed by atoms with E-state index in [9.17, 15) is 22.7 Å². The average molecular weight is 371 g/mol. The third-order valence-corrected chi connectivity index (χ3v) is 4.85. The third kappa shape index (κ3) is 4.64. The maximum atomic E-state index is 12.0. The lowest BCUT2D eigenvalue weighted by Gasteiger charge is -2.07. The first-order chi connectivity index (χ1) is 8.74. The number of nitrogens with zero attached hydrogens (tertiary/aromatic N) is 1. The first-order valence-corrected chi connectivity index (χ1v) is 8.98. The number of nitrogens with one attached hydrogen (secondary N) is 1. The molecule has 0 saturated heterocycles. The number of halogens is 1. The summed E-state index contributed by atoms with van der Waals surface area (Å²) < 4.78 is 37.4. The summed E-state index contributed by atoms with van der Waals surface area (Å²) >= 11 is 3.07. The average Bonchev–Trinajstić information content (AvgIpc) is 2.27. The molecule has 19 heavy (non-hydrogen) atoms. The molecule has 0 aliphatic heterocycles. The van der Waals surface area contributed by atoms with E-state index in [4.69, 9.17) is 0 Å². The van der Waals surface area contributed by atoms with Crippen LogP contribution in [0, 0.1) is 10.1 Å². The van der Waals surface area contributed by atoms with Crippen LogP contribution in [0.4, 0.5) is 5.69 Å². The number of sulfonamides is 1. The zero-order valence-corrected chi connectivity index (χ0v) is 13.0. The summed E-state index contributed by atoms with van der Waals surface area (Å²) in [4.78, 5) is 9.62. The minimum Gasteiger partial charge on any atom is -0.260 e. The molecule has 0 aliphatic carbocycles. The van der Waals surface area contributed by atoms with Crippen LogP contribution < -0.4 is 4.72 Å². The number of nitro groups is 1. The molecule has 106 valence electrons. The minimum absolute atomic E-state index is 0.0465. The number of nitro benzene ring substituents is 1. The number of benzene rings is 1. The van der Waals surface area contributed by atoms with Gasteiger partial charge in [-0.25, -0.2) is 13.1 Å². The molecule has 0 aromatic heterocycles. The Labute approximate surface area is 121 Å².